The van der Waals surface area contributed by atoms with Crippen molar-refractivity contribution in [2.75, 3.05) is 0 Å². The van der Waals surface area contributed by atoms with Gasteiger partial charge in [-0.25, -0.2) is 0 Å². The van der Waals surface area contributed by atoms with Crippen LogP contribution in [0.5, 0.6) is 11.5 Å². The predicted octanol–water partition coefficient (Wildman–Crippen LogP) is 6.85. The molecule has 9 heteroatoms. The van der Waals surface area contributed by atoms with Gasteiger partial charge in [-0.05, 0) is 24.3 Å². The van der Waals surface area contributed by atoms with E-state index in [-0.39, 0.29) is 11.5 Å². The fourth-order valence-corrected chi connectivity index (χ4v) is 1.17. The Bertz CT molecular complexity index is 456. The van der Waals surface area contributed by atoms with Crippen LogP contribution in [0, 0.1) is 0 Å². The second-order valence-electron chi connectivity index (χ2n) is 3.25. The maximum atomic E-state index is 8.79. The first-order chi connectivity index (χ1) is 9.61. The SMILES string of the molecule is Oc1ccccc1Cl.Oc1ccccc1Cl.[Cl][W]([Cl])([Cl])[Cl]. The van der Waals surface area contributed by atoms with Crippen molar-refractivity contribution in [3.05, 3.63) is 58.6 Å². The summed E-state index contributed by atoms with van der Waals surface area (Å²) in [6.45, 7) is 0. The minimum absolute atomic E-state index is 0.133. The summed E-state index contributed by atoms with van der Waals surface area (Å²) in [6, 6.07) is 13.3. The Hall–Kier alpha value is 0.468. The van der Waals surface area contributed by atoms with Gasteiger partial charge in [-0.15, -0.1) is 0 Å². The molecule has 0 amide bonds. The molecule has 21 heavy (non-hydrogen) atoms. The second kappa shape index (κ2) is 11.1. The van der Waals surface area contributed by atoms with E-state index in [1.165, 1.54) is 0 Å². The monoisotopic (exact) mass is 580 g/mol. The van der Waals surface area contributed by atoms with Crippen LogP contribution < -0.4 is 0 Å². The fraction of sp³-hybridized carbons (Fsp3) is 0. The van der Waals surface area contributed by atoms with E-state index < -0.39 is 11.9 Å². The van der Waals surface area contributed by atoms with Gasteiger partial charge >= 0.3 is 49.6 Å². The molecule has 118 valence electrons. The van der Waals surface area contributed by atoms with Crippen molar-refractivity contribution in [2.45, 2.75) is 0 Å². The Balaban J connectivity index is 0.000000296. The summed E-state index contributed by atoms with van der Waals surface area (Å²) >= 11 is 7.64. The fourth-order valence-electron chi connectivity index (χ4n) is 0.903. The van der Waals surface area contributed by atoms with Crippen molar-refractivity contribution in [2.24, 2.45) is 0 Å². The molecule has 0 fully saturated rings. The van der Waals surface area contributed by atoms with Gasteiger partial charge in [0.25, 0.3) is 0 Å². The summed E-state index contributed by atoms with van der Waals surface area (Å²) < 4.78 is 0. The zero-order valence-electron chi connectivity index (χ0n) is 10.2. The molecule has 0 aromatic heterocycles. The van der Waals surface area contributed by atoms with Gasteiger partial charge in [0.15, 0.2) is 0 Å². The molecule has 2 aromatic rings. The van der Waals surface area contributed by atoms with Gasteiger partial charge in [-0.3, -0.25) is 0 Å². The molecule has 0 aliphatic carbocycles. The molecule has 2 N–H and O–H groups in total. The number of halogens is 6. The zero-order valence-corrected chi connectivity index (χ0v) is 17.7. The van der Waals surface area contributed by atoms with Gasteiger partial charge in [0.1, 0.15) is 11.5 Å². The first kappa shape index (κ1) is 21.5. The van der Waals surface area contributed by atoms with Gasteiger partial charge in [-0.1, -0.05) is 47.5 Å². The van der Waals surface area contributed by atoms with Gasteiger partial charge < -0.3 is 10.2 Å². The molecule has 0 spiro atoms. The van der Waals surface area contributed by atoms with Crippen LogP contribution >= 0.6 is 60.9 Å². The van der Waals surface area contributed by atoms with E-state index in [9.17, 15) is 0 Å². The van der Waals surface area contributed by atoms with Crippen molar-refractivity contribution >= 4 is 60.9 Å². The third-order valence-corrected chi connectivity index (χ3v) is 2.34. The number of aromatic hydroxyl groups is 2. The Morgan fingerprint density at radius 3 is 1.00 bits per heavy atom. The molecule has 0 unspecified atom stereocenters. The van der Waals surface area contributed by atoms with E-state index in [1.54, 1.807) is 48.5 Å². The number of rotatable bonds is 0. The molecule has 0 heterocycles. The molecule has 0 saturated heterocycles. The summed E-state index contributed by atoms with van der Waals surface area (Å²) in [5.41, 5.74) is 0. The molecule has 0 aliphatic rings. The second-order valence-corrected chi connectivity index (χ2v) is 29.5. The van der Waals surface area contributed by atoms with Crippen LogP contribution in [0.4, 0.5) is 0 Å². The van der Waals surface area contributed by atoms with Crippen LogP contribution in [0.15, 0.2) is 48.5 Å². The third kappa shape index (κ3) is 13.8. The minimum atomic E-state index is -3.28. The van der Waals surface area contributed by atoms with Crippen LogP contribution in [0.2, 0.25) is 10.0 Å². The van der Waals surface area contributed by atoms with E-state index in [1.807, 2.05) is 0 Å². The summed E-state index contributed by atoms with van der Waals surface area (Å²) in [5.74, 6) is 0.267. The maximum absolute atomic E-state index is 8.79. The van der Waals surface area contributed by atoms with Crippen LogP contribution in [-0.2, 0) is 11.9 Å². The van der Waals surface area contributed by atoms with Crippen LogP contribution in [-0.4, -0.2) is 10.2 Å². The van der Waals surface area contributed by atoms with E-state index >= 15 is 0 Å². The third-order valence-electron chi connectivity index (χ3n) is 1.70. The van der Waals surface area contributed by atoms with E-state index in [0.717, 1.165) is 0 Å². The van der Waals surface area contributed by atoms with Gasteiger partial charge in [-0.2, -0.15) is 0 Å². The average molecular weight is 583 g/mol. The number of benzene rings is 2. The standard InChI is InChI=1S/2C6H5ClO.4ClH.W/c2*7-5-3-1-2-4-6(5)8;;;;;/h2*1-4,8H;4*1H;/q;;;;;;+4/p-4. The molecule has 0 saturated carbocycles. The molecule has 0 bridgehead atoms. The normalized spacial score (nSPS) is 10.6. The predicted molar refractivity (Wildman–Crippen MR) is 89.6 cm³/mol. The van der Waals surface area contributed by atoms with Crippen molar-refractivity contribution in [1.82, 2.24) is 0 Å². The average Bonchev–Trinajstić information content (AvgIpc) is 2.35. The van der Waals surface area contributed by atoms with E-state index in [0.29, 0.717) is 10.0 Å². The quantitative estimate of drug-likeness (QED) is 0.357. The van der Waals surface area contributed by atoms with Gasteiger partial charge in [0.2, 0.25) is 0 Å². The van der Waals surface area contributed by atoms with Crippen molar-refractivity contribution < 1.29 is 22.1 Å². The summed E-state index contributed by atoms with van der Waals surface area (Å²) in [6.07, 6.45) is 0. The van der Waals surface area contributed by atoms with Crippen LogP contribution in [0.3, 0.4) is 0 Å². The zero-order chi connectivity index (χ0) is 16.5. The first-order valence-electron chi connectivity index (χ1n) is 5.10. The molecular formula is C12H10Cl6O2W. The molecule has 0 radical (unpaired) electrons. The number of hydrogen-bond acceptors (Lipinski definition) is 2. The molecule has 2 aromatic carbocycles. The Kier molecular flexibility index (Phi) is 11.3. The Morgan fingerprint density at radius 1 is 0.619 bits per heavy atom. The van der Waals surface area contributed by atoms with Crippen LogP contribution in [0.25, 0.3) is 0 Å². The van der Waals surface area contributed by atoms with E-state index in [2.05, 4.69) is 0 Å². The topological polar surface area (TPSA) is 40.5 Å². The number of hydrogen-bond donors (Lipinski definition) is 2. The van der Waals surface area contributed by atoms with Crippen molar-refractivity contribution in [3.8, 4) is 11.5 Å². The molecule has 0 aliphatic heterocycles. The molecule has 2 nitrogen and oxygen atoms in total. The van der Waals surface area contributed by atoms with Gasteiger partial charge in [0, 0.05) is 0 Å². The molecule has 2 rings (SSSR count). The van der Waals surface area contributed by atoms with Gasteiger partial charge in [0.05, 0.1) is 10.0 Å². The number of phenols is 2. The summed E-state index contributed by atoms with van der Waals surface area (Å²) in [7, 11) is 20.1. The number of para-hydroxylation sites is 2. The molecule has 0 atom stereocenters. The molecular weight excluding hydrogens is 573 g/mol. The first-order valence-corrected chi connectivity index (χ1v) is 20.4. The number of phenolic OH excluding ortho intramolecular Hbond substituents is 2. The van der Waals surface area contributed by atoms with Crippen LogP contribution in [0.1, 0.15) is 0 Å². The van der Waals surface area contributed by atoms with Crippen molar-refractivity contribution in [1.29, 1.82) is 0 Å². The van der Waals surface area contributed by atoms with Crippen molar-refractivity contribution in [3.63, 3.8) is 0 Å². The summed E-state index contributed by atoms with van der Waals surface area (Å²) in [4.78, 5) is 0. The van der Waals surface area contributed by atoms with E-state index in [4.69, 9.17) is 71.1 Å². The Labute approximate surface area is 152 Å². The summed E-state index contributed by atoms with van der Waals surface area (Å²) in [5, 5.41) is 18.4. The Morgan fingerprint density at radius 2 is 0.857 bits per heavy atom.